The molecule has 1 unspecified atom stereocenters. The van der Waals surface area contributed by atoms with Crippen molar-refractivity contribution in [1.82, 2.24) is 0 Å². The molecule has 0 spiro atoms. The van der Waals surface area contributed by atoms with Gasteiger partial charge in [0.15, 0.2) is 11.5 Å². The highest BCUT2D eigenvalue weighted by Crippen LogP contribution is 2.45. The van der Waals surface area contributed by atoms with E-state index in [-0.39, 0.29) is 4.83 Å². The van der Waals surface area contributed by atoms with Crippen LogP contribution in [0.25, 0.3) is 0 Å². The van der Waals surface area contributed by atoms with Gasteiger partial charge in [0.05, 0.1) is 4.83 Å². The Labute approximate surface area is 149 Å². The van der Waals surface area contributed by atoms with Crippen molar-refractivity contribution in [2.75, 3.05) is 13.2 Å². The van der Waals surface area contributed by atoms with Crippen LogP contribution in [0.5, 0.6) is 11.5 Å². The Morgan fingerprint density at radius 3 is 2.19 bits per heavy atom. The van der Waals surface area contributed by atoms with E-state index in [1.165, 1.54) is 0 Å². The predicted molar refractivity (Wildman–Crippen MR) is 92.4 cm³/mol. The summed E-state index contributed by atoms with van der Waals surface area (Å²) in [7, 11) is 0. The van der Waals surface area contributed by atoms with Crippen LogP contribution in [0.15, 0.2) is 34.8 Å². The Hall–Kier alpha value is -0.420. The zero-order chi connectivity index (χ0) is 15.0. The van der Waals surface area contributed by atoms with Crippen molar-refractivity contribution in [2.24, 2.45) is 0 Å². The molecular weight excluding hydrogens is 443 g/mol. The van der Waals surface area contributed by atoms with Crippen LogP contribution in [0.1, 0.15) is 16.0 Å². The van der Waals surface area contributed by atoms with E-state index in [0.717, 1.165) is 27.1 Å². The summed E-state index contributed by atoms with van der Waals surface area (Å²) in [6.45, 7) is 1.11. The molecule has 0 saturated heterocycles. The lowest BCUT2D eigenvalue weighted by atomic mass is 10.0. The average Bonchev–Trinajstić information content (AvgIpc) is 2.46. The summed E-state index contributed by atoms with van der Waals surface area (Å²) in [5.74, 6) is 1.47. The number of benzene rings is 2. The van der Waals surface area contributed by atoms with Crippen molar-refractivity contribution in [1.29, 1.82) is 0 Å². The van der Waals surface area contributed by atoms with Crippen molar-refractivity contribution in [2.45, 2.75) is 4.83 Å². The number of fused-ring (bicyclic) bond motifs is 1. The number of hydrogen-bond donors (Lipinski definition) is 0. The first-order valence-electron chi connectivity index (χ1n) is 6.25. The molecule has 3 rings (SSSR count). The first-order valence-corrected chi connectivity index (χ1v) is 8.71. The summed E-state index contributed by atoms with van der Waals surface area (Å²) in [5, 5.41) is 1.23. The summed E-state index contributed by atoms with van der Waals surface area (Å²) < 4.78 is 12.1. The van der Waals surface area contributed by atoms with Gasteiger partial charge in [0.2, 0.25) is 0 Å². The van der Waals surface area contributed by atoms with Gasteiger partial charge in [0.1, 0.15) is 13.2 Å². The molecule has 21 heavy (non-hydrogen) atoms. The van der Waals surface area contributed by atoms with E-state index in [1.54, 1.807) is 0 Å². The number of halogens is 4. The van der Waals surface area contributed by atoms with Crippen molar-refractivity contribution < 1.29 is 9.47 Å². The van der Waals surface area contributed by atoms with Crippen LogP contribution in [0, 0.1) is 0 Å². The van der Waals surface area contributed by atoms with Gasteiger partial charge in [0, 0.05) is 20.1 Å². The fourth-order valence-electron chi connectivity index (χ4n) is 2.18. The monoisotopic (exact) mass is 450 g/mol. The average molecular weight is 453 g/mol. The summed E-state index contributed by atoms with van der Waals surface area (Å²) >= 11 is 19.8. The minimum absolute atomic E-state index is 0.149. The molecule has 1 aliphatic rings. The summed E-state index contributed by atoms with van der Waals surface area (Å²) in [5.41, 5.74) is 1.81. The molecule has 0 aromatic heterocycles. The zero-order valence-corrected chi connectivity index (χ0v) is 15.4. The minimum Gasteiger partial charge on any atom is -0.486 e. The maximum Gasteiger partial charge on any atom is 0.162 e. The van der Waals surface area contributed by atoms with E-state index in [2.05, 4.69) is 31.9 Å². The van der Waals surface area contributed by atoms with Crippen molar-refractivity contribution in [3.8, 4) is 11.5 Å². The molecule has 2 aromatic carbocycles. The van der Waals surface area contributed by atoms with E-state index in [9.17, 15) is 0 Å². The van der Waals surface area contributed by atoms with Gasteiger partial charge in [-0.05, 0) is 29.8 Å². The molecule has 1 atom stereocenters. The molecule has 6 heteroatoms. The highest BCUT2D eigenvalue weighted by molar-refractivity contribution is 9.11. The van der Waals surface area contributed by atoms with Crippen molar-refractivity contribution in [3.05, 3.63) is 56.0 Å². The molecule has 0 amide bonds. The molecule has 0 radical (unpaired) electrons. The van der Waals surface area contributed by atoms with Crippen molar-refractivity contribution >= 4 is 55.1 Å². The van der Waals surface area contributed by atoms with E-state index in [4.69, 9.17) is 32.7 Å². The van der Waals surface area contributed by atoms with Gasteiger partial charge in [0.25, 0.3) is 0 Å². The SMILES string of the molecule is Clc1cccc(Cl)c1C(Br)c1cc2c(cc1Br)OCCO2. The topological polar surface area (TPSA) is 18.5 Å². The fraction of sp³-hybridized carbons (Fsp3) is 0.200. The molecule has 2 aromatic rings. The second-order valence-corrected chi connectivity index (χ2v) is 7.10. The summed E-state index contributed by atoms with van der Waals surface area (Å²) in [6, 6.07) is 9.32. The molecule has 0 saturated carbocycles. The largest absolute Gasteiger partial charge is 0.486 e. The lowest BCUT2D eigenvalue weighted by Gasteiger charge is -2.22. The Balaban J connectivity index is 2.07. The summed E-state index contributed by atoms with van der Waals surface area (Å²) in [4.78, 5) is -0.149. The van der Waals surface area contributed by atoms with Gasteiger partial charge in [-0.25, -0.2) is 0 Å². The van der Waals surface area contributed by atoms with Crippen molar-refractivity contribution in [3.63, 3.8) is 0 Å². The van der Waals surface area contributed by atoms with Crippen LogP contribution in [0.3, 0.4) is 0 Å². The van der Waals surface area contributed by atoms with E-state index < -0.39 is 0 Å². The van der Waals surface area contributed by atoms with Gasteiger partial charge in [-0.1, -0.05) is 61.1 Å². The molecule has 0 N–H and O–H groups in total. The smallest absolute Gasteiger partial charge is 0.162 e. The number of ether oxygens (including phenoxy) is 2. The van der Waals surface area contributed by atoms with Crippen LogP contribution in [-0.4, -0.2) is 13.2 Å². The number of hydrogen-bond acceptors (Lipinski definition) is 2. The van der Waals surface area contributed by atoms with E-state index in [0.29, 0.717) is 23.3 Å². The molecular formula is C15H10Br2Cl2O2. The normalized spacial score (nSPS) is 14.9. The highest BCUT2D eigenvalue weighted by atomic mass is 79.9. The molecule has 110 valence electrons. The number of rotatable bonds is 2. The third kappa shape index (κ3) is 3.04. The highest BCUT2D eigenvalue weighted by Gasteiger charge is 2.23. The van der Waals surface area contributed by atoms with Crippen LogP contribution < -0.4 is 9.47 Å². The Kier molecular flexibility index (Phi) is 4.69. The predicted octanol–water partition coefficient (Wildman–Crippen LogP) is 6.01. The lowest BCUT2D eigenvalue weighted by Crippen LogP contribution is -2.15. The quantitative estimate of drug-likeness (QED) is 0.519. The molecule has 1 heterocycles. The van der Waals surface area contributed by atoms with E-state index in [1.807, 2.05) is 30.3 Å². The zero-order valence-electron chi connectivity index (χ0n) is 10.7. The first kappa shape index (κ1) is 15.5. The maximum absolute atomic E-state index is 6.28. The van der Waals surface area contributed by atoms with Crippen LogP contribution >= 0.6 is 55.1 Å². The Bertz CT molecular complexity index is 671. The Morgan fingerprint density at radius 1 is 1.00 bits per heavy atom. The van der Waals surface area contributed by atoms with Crippen LogP contribution in [-0.2, 0) is 0 Å². The fourth-order valence-corrected chi connectivity index (χ4v) is 4.79. The molecule has 0 fully saturated rings. The Morgan fingerprint density at radius 2 is 1.57 bits per heavy atom. The molecule has 0 aliphatic carbocycles. The van der Waals surface area contributed by atoms with Crippen LogP contribution in [0.2, 0.25) is 10.0 Å². The van der Waals surface area contributed by atoms with Gasteiger partial charge < -0.3 is 9.47 Å². The maximum atomic E-state index is 6.28. The first-order chi connectivity index (χ1) is 10.1. The van der Waals surface area contributed by atoms with Crippen LogP contribution in [0.4, 0.5) is 0 Å². The second-order valence-electron chi connectivity index (χ2n) is 4.52. The standard InChI is InChI=1S/C15H10Br2Cl2O2/c16-9-7-13-12(20-4-5-21-13)6-8(9)15(17)14-10(18)2-1-3-11(14)19/h1-3,6-7,15H,4-5H2. The summed E-state index contributed by atoms with van der Waals surface area (Å²) in [6.07, 6.45) is 0. The lowest BCUT2D eigenvalue weighted by molar-refractivity contribution is 0.171. The molecule has 0 bridgehead atoms. The molecule has 2 nitrogen and oxygen atoms in total. The third-order valence-electron chi connectivity index (χ3n) is 3.19. The van der Waals surface area contributed by atoms with Gasteiger partial charge in [-0.2, -0.15) is 0 Å². The third-order valence-corrected chi connectivity index (χ3v) is 5.48. The molecule has 1 aliphatic heterocycles. The van der Waals surface area contributed by atoms with Gasteiger partial charge in [-0.3, -0.25) is 0 Å². The van der Waals surface area contributed by atoms with Gasteiger partial charge >= 0.3 is 0 Å². The number of alkyl halides is 1. The second kappa shape index (κ2) is 6.37. The van der Waals surface area contributed by atoms with Gasteiger partial charge in [-0.15, -0.1) is 0 Å². The minimum atomic E-state index is -0.149. The van der Waals surface area contributed by atoms with E-state index >= 15 is 0 Å².